The summed E-state index contributed by atoms with van der Waals surface area (Å²) < 4.78 is 5.11. The van der Waals surface area contributed by atoms with E-state index < -0.39 is 0 Å². The average Bonchev–Trinajstić information content (AvgIpc) is 2.00. The first-order valence-electron chi connectivity index (χ1n) is 4.82. The van der Waals surface area contributed by atoms with Crippen molar-refractivity contribution in [1.29, 1.82) is 0 Å². The lowest BCUT2D eigenvalue weighted by molar-refractivity contribution is -0.152. The Kier molecular flexibility index (Phi) is 5.71. The Bertz CT molecular complexity index is 152. The molecule has 78 valence electrons. The molecular weight excluding hydrogens is 168 g/mol. The molecule has 0 aromatic rings. The fourth-order valence-electron chi connectivity index (χ4n) is 0.869. The molecule has 0 aliphatic carbocycles. The molecule has 13 heavy (non-hydrogen) atoms. The summed E-state index contributed by atoms with van der Waals surface area (Å²) in [6.45, 7) is 7.20. The van der Waals surface area contributed by atoms with Crippen LogP contribution in [0.4, 0.5) is 0 Å². The summed E-state index contributed by atoms with van der Waals surface area (Å²) in [7, 11) is 0. The van der Waals surface area contributed by atoms with Crippen molar-refractivity contribution < 1.29 is 14.6 Å². The first-order valence-corrected chi connectivity index (χ1v) is 4.82. The first kappa shape index (κ1) is 12.4. The summed E-state index contributed by atoms with van der Waals surface area (Å²) in [6.07, 6.45) is 0.979. The third-order valence-corrected chi connectivity index (χ3v) is 1.78. The number of carbonyl (C=O) groups excluding carboxylic acids is 1. The zero-order valence-corrected chi connectivity index (χ0v) is 8.91. The second kappa shape index (κ2) is 5.97. The topological polar surface area (TPSA) is 46.5 Å². The van der Waals surface area contributed by atoms with E-state index in [0.717, 1.165) is 6.42 Å². The number of rotatable bonds is 5. The molecule has 0 saturated heterocycles. The third-order valence-electron chi connectivity index (χ3n) is 1.78. The molecule has 0 heterocycles. The van der Waals surface area contributed by atoms with Gasteiger partial charge >= 0.3 is 5.97 Å². The lowest BCUT2D eigenvalue weighted by atomic mass is 10.1. The van der Waals surface area contributed by atoms with Crippen LogP contribution in [-0.4, -0.2) is 23.3 Å². The fourth-order valence-corrected chi connectivity index (χ4v) is 0.869. The molecule has 0 radical (unpaired) electrons. The van der Waals surface area contributed by atoms with E-state index in [1.807, 2.05) is 20.8 Å². The van der Waals surface area contributed by atoms with E-state index in [0.29, 0.717) is 6.42 Å². The highest BCUT2D eigenvalue weighted by Gasteiger charge is 2.13. The van der Waals surface area contributed by atoms with Crippen LogP contribution in [0.3, 0.4) is 0 Å². The van der Waals surface area contributed by atoms with E-state index in [1.54, 1.807) is 6.92 Å². The normalized spacial score (nSPS) is 15.5. The van der Waals surface area contributed by atoms with Gasteiger partial charge in [0, 0.05) is 0 Å². The SMILES string of the molecule is CC(O)CCC(C)OC(=O)C(C)C. The summed E-state index contributed by atoms with van der Waals surface area (Å²) >= 11 is 0. The number of carbonyl (C=O) groups is 1. The van der Waals surface area contributed by atoms with Gasteiger partial charge in [-0.05, 0) is 26.7 Å². The summed E-state index contributed by atoms with van der Waals surface area (Å²) in [4.78, 5) is 11.1. The number of aliphatic hydroxyl groups is 1. The molecule has 0 fully saturated rings. The Hall–Kier alpha value is -0.570. The Morgan fingerprint density at radius 2 is 1.77 bits per heavy atom. The summed E-state index contributed by atoms with van der Waals surface area (Å²) in [5, 5.41) is 9.00. The van der Waals surface area contributed by atoms with E-state index in [4.69, 9.17) is 9.84 Å². The minimum Gasteiger partial charge on any atom is -0.462 e. The zero-order chi connectivity index (χ0) is 10.4. The van der Waals surface area contributed by atoms with Crippen molar-refractivity contribution >= 4 is 5.97 Å². The highest BCUT2D eigenvalue weighted by molar-refractivity contribution is 5.71. The van der Waals surface area contributed by atoms with Gasteiger partial charge in [-0.3, -0.25) is 4.79 Å². The van der Waals surface area contributed by atoms with E-state index in [1.165, 1.54) is 0 Å². The maximum atomic E-state index is 11.1. The maximum absolute atomic E-state index is 11.1. The van der Waals surface area contributed by atoms with Crippen molar-refractivity contribution in [1.82, 2.24) is 0 Å². The number of hydrogen-bond donors (Lipinski definition) is 1. The van der Waals surface area contributed by atoms with Crippen LogP contribution in [0.25, 0.3) is 0 Å². The van der Waals surface area contributed by atoms with Gasteiger partial charge in [0.05, 0.1) is 18.1 Å². The molecule has 3 nitrogen and oxygen atoms in total. The number of aliphatic hydroxyl groups excluding tert-OH is 1. The predicted molar refractivity (Wildman–Crippen MR) is 51.3 cm³/mol. The average molecular weight is 188 g/mol. The zero-order valence-electron chi connectivity index (χ0n) is 8.91. The van der Waals surface area contributed by atoms with Crippen LogP contribution in [0.2, 0.25) is 0 Å². The van der Waals surface area contributed by atoms with Crippen LogP contribution >= 0.6 is 0 Å². The maximum Gasteiger partial charge on any atom is 0.308 e. The summed E-state index contributed by atoms with van der Waals surface area (Å²) in [6, 6.07) is 0. The second-order valence-corrected chi connectivity index (χ2v) is 3.83. The van der Waals surface area contributed by atoms with Crippen molar-refractivity contribution in [2.24, 2.45) is 5.92 Å². The number of esters is 1. The highest BCUT2D eigenvalue weighted by Crippen LogP contribution is 2.07. The van der Waals surface area contributed by atoms with E-state index in [-0.39, 0.29) is 24.1 Å². The fraction of sp³-hybridized carbons (Fsp3) is 0.900. The van der Waals surface area contributed by atoms with Crippen LogP contribution in [0.15, 0.2) is 0 Å². The van der Waals surface area contributed by atoms with Crippen LogP contribution in [0, 0.1) is 5.92 Å². The molecule has 1 N–H and O–H groups in total. The standard InChI is InChI=1S/C10H20O3/c1-7(2)10(12)13-9(4)6-5-8(3)11/h7-9,11H,5-6H2,1-4H3. The Balaban J connectivity index is 3.62. The van der Waals surface area contributed by atoms with Gasteiger partial charge < -0.3 is 9.84 Å². The lowest BCUT2D eigenvalue weighted by Crippen LogP contribution is -2.20. The molecule has 0 bridgehead atoms. The largest absolute Gasteiger partial charge is 0.462 e. The van der Waals surface area contributed by atoms with E-state index in [2.05, 4.69) is 0 Å². The van der Waals surface area contributed by atoms with Gasteiger partial charge in [-0.15, -0.1) is 0 Å². The molecule has 0 aliphatic heterocycles. The van der Waals surface area contributed by atoms with Crippen molar-refractivity contribution in [2.45, 2.75) is 52.7 Å². The van der Waals surface area contributed by atoms with Gasteiger partial charge in [0.15, 0.2) is 0 Å². The van der Waals surface area contributed by atoms with Crippen molar-refractivity contribution in [3.63, 3.8) is 0 Å². The molecule has 0 amide bonds. The quantitative estimate of drug-likeness (QED) is 0.668. The van der Waals surface area contributed by atoms with Crippen molar-refractivity contribution in [3.8, 4) is 0 Å². The monoisotopic (exact) mass is 188 g/mol. The van der Waals surface area contributed by atoms with Gasteiger partial charge in [0.1, 0.15) is 0 Å². The van der Waals surface area contributed by atoms with Crippen LogP contribution in [-0.2, 0) is 9.53 Å². The molecule has 0 aromatic carbocycles. The van der Waals surface area contributed by atoms with E-state index in [9.17, 15) is 4.79 Å². The van der Waals surface area contributed by atoms with Crippen LogP contribution in [0.1, 0.15) is 40.5 Å². The Morgan fingerprint density at radius 3 is 2.15 bits per heavy atom. The highest BCUT2D eigenvalue weighted by atomic mass is 16.5. The predicted octanol–water partition coefficient (Wildman–Crippen LogP) is 1.74. The Morgan fingerprint density at radius 1 is 1.23 bits per heavy atom. The smallest absolute Gasteiger partial charge is 0.308 e. The van der Waals surface area contributed by atoms with Gasteiger partial charge in [0.25, 0.3) is 0 Å². The summed E-state index contributed by atoms with van der Waals surface area (Å²) in [5.41, 5.74) is 0. The molecule has 0 aromatic heterocycles. The minimum absolute atomic E-state index is 0.0750. The third kappa shape index (κ3) is 6.58. The van der Waals surface area contributed by atoms with Gasteiger partial charge in [0.2, 0.25) is 0 Å². The second-order valence-electron chi connectivity index (χ2n) is 3.83. The molecule has 0 aliphatic rings. The molecule has 0 spiro atoms. The molecular formula is C10H20O3. The number of hydrogen-bond acceptors (Lipinski definition) is 3. The molecule has 0 rings (SSSR count). The molecule has 0 saturated carbocycles. The lowest BCUT2D eigenvalue weighted by Gasteiger charge is -2.15. The minimum atomic E-state index is -0.319. The molecule has 3 heteroatoms. The van der Waals surface area contributed by atoms with Gasteiger partial charge in [-0.2, -0.15) is 0 Å². The van der Waals surface area contributed by atoms with Gasteiger partial charge in [-0.25, -0.2) is 0 Å². The molecule has 2 atom stereocenters. The number of ether oxygens (including phenoxy) is 1. The summed E-state index contributed by atoms with van der Waals surface area (Å²) in [5.74, 6) is -0.243. The first-order chi connectivity index (χ1) is 5.93. The van der Waals surface area contributed by atoms with Crippen molar-refractivity contribution in [2.75, 3.05) is 0 Å². The Labute approximate surface area is 80.1 Å². The van der Waals surface area contributed by atoms with Crippen molar-refractivity contribution in [3.05, 3.63) is 0 Å². The van der Waals surface area contributed by atoms with Crippen LogP contribution in [0.5, 0.6) is 0 Å². The van der Waals surface area contributed by atoms with E-state index >= 15 is 0 Å². The molecule has 2 unspecified atom stereocenters. The van der Waals surface area contributed by atoms with Gasteiger partial charge in [-0.1, -0.05) is 13.8 Å². The van der Waals surface area contributed by atoms with Crippen LogP contribution < -0.4 is 0 Å².